The van der Waals surface area contributed by atoms with E-state index in [1.54, 1.807) is 11.1 Å². The molecule has 0 saturated carbocycles. The van der Waals surface area contributed by atoms with Gasteiger partial charge in [0.2, 0.25) is 5.91 Å². The van der Waals surface area contributed by atoms with Crippen LogP contribution in [0.15, 0.2) is 65.7 Å². The highest BCUT2D eigenvalue weighted by molar-refractivity contribution is 6.50. The second-order valence-corrected chi connectivity index (χ2v) is 7.28. The average Bonchev–Trinajstić information content (AvgIpc) is 2.77. The van der Waals surface area contributed by atoms with Gasteiger partial charge in [-0.1, -0.05) is 70.2 Å². The van der Waals surface area contributed by atoms with Crippen molar-refractivity contribution in [1.29, 1.82) is 0 Å². The SMILES string of the molecule is C=C/C(=N\N1CCNC(=O)C1)C(/C=C\C)=NC(=C)c1ccc(C(C)N)cc1.CCCC. The zero-order valence-corrected chi connectivity index (χ0v) is 19.4. The van der Waals surface area contributed by atoms with Crippen molar-refractivity contribution in [3.05, 3.63) is 66.8 Å². The second kappa shape index (κ2) is 14.1. The zero-order chi connectivity index (χ0) is 23.2. The Morgan fingerprint density at radius 3 is 2.39 bits per heavy atom. The van der Waals surface area contributed by atoms with Crippen LogP contribution in [-0.2, 0) is 4.79 Å². The van der Waals surface area contributed by atoms with Crippen LogP contribution >= 0.6 is 0 Å². The van der Waals surface area contributed by atoms with E-state index in [0.29, 0.717) is 30.2 Å². The highest BCUT2D eigenvalue weighted by Gasteiger charge is 2.15. The van der Waals surface area contributed by atoms with Crippen LogP contribution in [0.1, 0.15) is 57.7 Å². The number of nitrogens with zero attached hydrogens (tertiary/aromatic N) is 3. The summed E-state index contributed by atoms with van der Waals surface area (Å²) >= 11 is 0. The molecule has 0 bridgehead atoms. The molecule has 1 fully saturated rings. The number of hydrogen-bond acceptors (Lipinski definition) is 5. The third-order valence-corrected chi connectivity index (χ3v) is 4.57. The summed E-state index contributed by atoms with van der Waals surface area (Å²) in [5, 5.41) is 9.04. The van der Waals surface area contributed by atoms with Crippen molar-refractivity contribution >= 4 is 23.0 Å². The van der Waals surface area contributed by atoms with Gasteiger partial charge in [-0.2, -0.15) is 5.10 Å². The molecule has 1 unspecified atom stereocenters. The van der Waals surface area contributed by atoms with E-state index in [0.717, 1.165) is 11.1 Å². The summed E-state index contributed by atoms with van der Waals surface area (Å²) in [6.45, 7) is 17.6. The van der Waals surface area contributed by atoms with Crippen molar-refractivity contribution < 1.29 is 4.79 Å². The lowest BCUT2D eigenvalue weighted by Gasteiger charge is -2.24. The van der Waals surface area contributed by atoms with Crippen molar-refractivity contribution in [3.8, 4) is 0 Å². The minimum Gasteiger partial charge on any atom is -0.353 e. The molecule has 1 atom stereocenters. The van der Waals surface area contributed by atoms with Gasteiger partial charge in [0, 0.05) is 12.6 Å². The topological polar surface area (TPSA) is 83.1 Å². The summed E-state index contributed by atoms with van der Waals surface area (Å²) < 4.78 is 0. The predicted octanol–water partition coefficient (Wildman–Crippen LogP) is 4.47. The normalized spacial score (nSPS) is 15.8. The molecule has 1 aromatic carbocycles. The van der Waals surface area contributed by atoms with Crippen molar-refractivity contribution in [2.45, 2.75) is 46.6 Å². The van der Waals surface area contributed by atoms with E-state index >= 15 is 0 Å². The average molecular weight is 424 g/mol. The molecule has 1 aromatic rings. The van der Waals surface area contributed by atoms with Crippen LogP contribution < -0.4 is 11.1 Å². The molecule has 1 aliphatic rings. The maximum absolute atomic E-state index is 11.6. The predicted molar refractivity (Wildman–Crippen MR) is 133 cm³/mol. The Morgan fingerprint density at radius 2 is 1.90 bits per heavy atom. The maximum atomic E-state index is 11.6. The van der Waals surface area contributed by atoms with E-state index in [9.17, 15) is 4.79 Å². The minimum absolute atomic E-state index is 0.0179. The number of hydrazone groups is 1. The fourth-order valence-electron chi connectivity index (χ4n) is 2.59. The number of rotatable bonds is 8. The van der Waals surface area contributed by atoms with Crippen LogP contribution in [0.3, 0.4) is 0 Å². The highest BCUT2D eigenvalue weighted by atomic mass is 16.2. The molecule has 31 heavy (non-hydrogen) atoms. The number of unbranched alkanes of at least 4 members (excludes halogenated alkanes) is 1. The fourth-order valence-corrected chi connectivity index (χ4v) is 2.59. The van der Waals surface area contributed by atoms with Crippen molar-refractivity contribution in [1.82, 2.24) is 10.3 Å². The molecule has 1 heterocycles. The van der Waals surface area contributed by atoms with Gasteiger partial charge in [-0.05, 0) is 37.1 Å². The number of nitrogens with two attached hydrogens (primary N) is 1. The number of carbonyl (C=O) groups excluding carboxylic acids is 1. The van der Waals surface area contributed by atoms with E-state index in [-0.39, 0.29) is 18.5 Å². The molecule has 0 aromatic heterocycles. The monoisotopic (exact) mass is 423 g/mol. The van der Waals surface area contributed by atoms with Crippen LogP contribution in [0.4, 0.5) is 0 Å². The number of amides is 1. The Balaban J connectivity index is 0.00000110. The Bertz CT molecular complexity index is 817. The molecule has 2 rings (SSSR count). The Hall–Kier alpha value is -2.99. The largest absolute Gasteiger partial charge is 0.353 e. The van der Waals surface area contributed by atoms with Gasteiger partial charge in [0.1, 0.15) is 12.3 Å². The quantitative estimate of drug-likeness (QED) is 0.605. The highest BCUT2D eigenvalue weighted by Crippen LogP contribution is 2.18. The number of allylic oxidation sites excluding steroid dienone is 3. The van der Waals surface area contributed by atoms with Crippen LogP contribution in [0.5, 0.6) is 0 Å². The van der Waals surface area contributed by atoms with E-state index in [1.807, 2.05) is 50.3 Å². The zero-order valence-electron chi connectivity index (χ0n) is 19.4. The van der Waals surface area contributed by atoms with Crippen LogP contribution in [0.25, 0.3) is 5.70 Å². The summed E-state index contributed by atoms with van der Waals surface area (Å²) in [5.74, 6) is -0.0448. The molecule has 3 N–H and O–H groups in total. The molecule has 1 saturated heterocycles. The smallest absolute Gasteiger partial charge is 0.241 e. The molecule has 0 spiro atoms. The van der Waals surface area contributed by atoms with Crippen molar-refractivity contribution in [2.75, 3.05) is 19.6 Å². The molecule has 0 aliphatic carbocycles. The lowest BCUT2D eigenvalue weighted by atomic mass is 10.1. The van der Waals surface area contributed by atoms with Gasteiger partial charge in [-0.3, -0.25) is 9.80 Å². The second-order valence-electron chi connectivity index (χ2n) is 7.28. The molecule has 0 radical (unpaired) electrons. The van der Waals surface area contributed by atoms with Gasteiger partial charge in [-0.25, -0.2) is 4.99 Å². The molecule has 1 amide bonds. The van der Waals surface area contributed by atoms with E-state index < -0.39 is 0 Å². The summed E-state index contributed by atoms with van der Waals surface area (Å²) in [6.07, 6.45) is 8.01. The Labute approximate surface area is 187 Å². The third-order valence-electron chi connectivity index (χ3n) is 4.57. The lowest BCUT2D eigenvalue weighted by Crippen LogP contribution is -2.45. The van der Waals surface area contributed by atoms with Gasteiger partial charge in [0.05, 0.1) is 18.0 Å². The Morgan fingerprint density at radius 1 is 1.26 bits per heavy atom. The van der Waals surface area contributed by atoms with E-state index in [2.05, 4.69) is 42.4 Å². The van der Waals surface area contributed by atoms with E-state index in [1.165, 1.54) is 12.8 Å². The molecule has 168 valence electrons. The lowest BCUT2D eigenvalue weighted by molar-refractivity contribution is -0.124. The van der Waals surface area contributed by atoms with Crippen molar-refractivity contribution in [2.24, 2.45) is 15.8 Å². The minimum atomic E-state index is -0.0448. The molecular weight excluding hydrogens is 386 g/mol. The van der Waals surface area contributed by atoms with Gasteiger partial charge in [0.15, 0.2) is 0 Å². The first-order valence-corrected chi connectivity index (χ1v) is 10.8. The molecule has 6 heteroatoms. The first kappa shape index (κ1) is 26.0. The van der Waals surface area contributed by atoms with Crippen LogP contribution in [0, 0.1) is 0 Å². The summed E-state index contributed by atoms with van der Waals surface area (Å²) in [6, 6.07) is 7.85. The third kappa shape index (κ3) is 9.13. The van der Waals surface area contributed by atoms with Crippen LogP contribution in [0.2, 0.25) is 0 Å². The summed E-state index contributed by atoms with van der Waals surface area (Å²) in [5.41, 5.74) is 9.71. The fraction of sp³-hybridized carbons (Fsp3) is 0.400. The van der Waals surface area contributed by atoms with E-state index in [4.69, 9.17) is 5.73 Å². The van der Waals surface area contributed by atoms with Gasteiger partial charge >= 0.3 is 0 Å². The molecular formula is C25H37N5O. The first-order chi connectivity index (χ1) is 14.9. The van der Waals surface area contributed by atoms with Crippen molar-refractivity contribution in [3.63, 3.8) is 0 Å². The number of hydrogen-bond donors (Lipinski definition) is 2. The number of aliphatic imine (C=N–C) groups is 1. The first-order valence-electron chi connectivity index (χ1n) is 10.8. The number of piperazine rings is 1. The maximum Gasteiger partial charge on any atom is 0.241 e. The number of benzene rings is 1. The van der Waals surface area contributed by atoms with Gasteiger partial charge < -0.3 is 11.1 Å². The summed E-state index contributed by atoms with van der Waals surface area (Å²) in [7, 11) is 0. The number of carbonyl (C=O) groups is 1. The molecule has 1 aliphatic heterocycles. The van der Waals surface area contributed by atoms with Crippen LogP contribution in [-0.4, -0.2) is 42.0 Å². The van der Waals surface area contributed by atoms with Gasteiger partial charge in [-0.15, -0.1) is 0 Å². The summed E-state index contributed by atoms with van der Waals surface area (Å²) in [4.78, 5) is 16.2. The Kier molecular flexibility index (Phi) is 11.8. The molecule has 6 nitrogen and oxygen atoms in total. The number of nitrogens with one attached hydrogen (secondary N) is 1. The standard InChI is InChI=1S/C21H27N5O.C4H10/c1-5-7-20(19(6-2)25-26-13-12-23-21(27)14-26)24-16(4)18-10-8-17(9-11-18)15(3)22;1-3-4-2/h5-11,15H,2,4,12-14,22H2,1,3H3,(H,23,27);3-4H2,1-2H3/b7-5-,24-20?,25-19+;. The van der Waals surface area contributed by atoms with Gasteiger partial charge in [0.25, 0.3) is 0 Å².